The molecule has 8 heteroatoms. The second-order valence-corrected chi connectivity index (χ2v) is 13.5. The van der Waals surface area contributed by atoms with Crippen molar-refractivity contribution in [2.24, 2.45) is 0 Å². The van der Waals surface area contributed by atoms with Crippen LogP contribution in [-0.2, 0) is 0 Å². The molecule has 0 atom stereocenters. The van der Waals surface area contributed by atoms with Gasteiger partial charge in [0.1, 0.15) is 35.7 Å². The molecule has 57 heavy (non-hydrogen) atoms. The van der Waals surface area contributed by atoms with Crippen LogP contribution in [0.25, 0.3) is 72.5 Å². The Balaban J connectivity index is 0.950. The van der Waals surface area contributed by atoms with E-state index in [0.29, 0.717) is 28.9 Å². The molecule has 0 bridgehead atoms. The summed E-state index contributed by atoms with van der Waals surface area (Å²) in [6.07, 6.45) is 6.81. The van der Waals surface area contributed by atoms with Crippen molar-refractivity contribution in [1.82, 2.24) is 29.5 Å². The summed E-state index contributed by atoms with van der Waals surface area (Å²) in [6.45, 7) is 0. The third-order valence-corrected chi connectivity index (χ3v) is 9.86. The minimum atomic E-state index is 0.485. The lowest BCUT2D eigenvalue weighted by molar-refractivity contribution is 0.483. The average molecular weight is 737 g/mol. The van der Waals surface area contributed by atoms with Crippen molar-refractivity contribution in [3.63, 3.8) is 0 Å². The van der Waals surface area contributed by atoms with E-state index in [1.54, 1.807) is 0 Å². The van der Waals surface area contributed by atoms with Crippen LogP contribution in [0.3, 0.4) is 0 Å². The first-order chi connectivity index (χ1) is 28.2. The zero-order valence-electron chi connectivity index (χ0n) is 30.5. The van der Waals surface area contributed by atoms with Crippen molar-refractivity contribution in [2.75, 3.05) is 0 Å². The van der Waals surface area contributed by atoms with Gasteiger partial charge in [0, 0.05) is 57.6 Å². The van der Waals surface area contributed by atoms with Crippen LogP contribution in [0.5, 0.6) is 23.0 Å². The standard InChI is InChI=1S/C49H32N6O2/c1-3-9-33(10-4-1)37-17-23-45(51-29-37)35-13-7-15-39(25-35)56-41-19-21-43-44-22-20-42(28-48(44)55(47(43)27-41)49-53-31-50-32-54-49)57-40-16-8-14-36(26-40)46-24-18-38(30-52-46)34-11-5-2-6-12-34/h1-32H. The van der Waals surface area contributed by atoms with E-state index in [0.717, 1.165) is 66.6 Å². The average Bonchev–Trinajstić information content (AvgIpc) is 3.60. The second-order valence-electron chi connectivity index (χ2n) is 13.5. The van der Waals surface area contributed by atoms with Crippen LogP contribution in [0.2, 0.25) is 0 Å². The summed E-state index contributed by atoms with van der Waals surface area (Å²) in [5.41, 5.74) is 9.82. The van der Waals surface area contributed by atoms with Crippen LogP contribution in [0, 0.1) is 0 Å². The third kappa shape index (κ3) is 6.83. The Bertz CT molecular complexity index is 2800. The largest absolute Gasteiger partial charge is 0.457 e. The molecule has 0 spiro atoms. The van der Waals surface area contributed by atoms with Crippen LogP contribution in [0.15, 0.2) is 195 Å². The van der Waals surface area contributed by atoms with Crippen LogP contribution in [0.1, 0.15) is 0 Å². The van der Waals surface area contributed by atoms with Gasteiger partial charge in [0.05, 0.1) is 22.4 Å². The number of hydrogen-bond acceptors (Lipinski definition) is 7. The normalized spacial score (nSPS) is 11.2. The zero-order chi connectivity index (χ0) is 38.0. The highest BCUT2D eigenvalue weighted by Crippen LogP contribution is 2.38. The molecule has 0 saturated carbocycles. The number of aromatic nitrogens is 6. The molecule has 0 aliphatic rings. The van der Waals surface area contributed by atoms with Crippen LogP contribution in [0.4, 0.5) is 0 Å². The summed E-state index contributed by atoms with van der Waals surface area (Å²) in [6, 6.07) is 56.8. The Morgan fingerprint density at radius 1 is 0.351 bits per heavy atom. The third-order valence-electron chi connectivity index (χ3n) is 9.86. The Morgan fingerprint density at radius 3 is 1.26 bits per heavy atom. The number of benzene rings is 6. The van der Waals surface area contributed by atoms with Gasteiger partial charge in [0.2, 0.25) is 5.95 Å². The fourth-order valence-corrected chi connectivity index (χ4v) is 7.11. The van der Waals surface area contributed by atoms with Gasteiger partial charge < -0.3 is 9.47 Å². The predicted molar refractivity (Wildman–Crippen MR) is 225 cm³/mol. The monoisotopic (exact) mass is 736 g/mol. The van der Waals surface area contributed by atoms with E-state index in [1.165, 1.54) is 12.7 Å². The summed E-state index contributed by atoms with van der Waals surface area (Å²) in [4.78, 5) is 22.7. The highest BCUT2D eigenvalue weighted by atomic mass is 16.5. The second kappa shape index (κ2) is 14.7. The molecule has 0 amide bonds. The van der Waals surface area contributed by atoms with E-state index >= 15 is 0 Å². The molecule has 10 aromatic rings. The number of ether oxygens (including phenoxy) is 2. The lowest BCUT2D eigenvalue weighted by Gasteiger charge is -2.10. The SMILES string of the molecule is c1ccc(-c2ccc(-c3cccc(Oc4ccc5c6ccc(Oc7cccc(-c8ccc(-c9ccccc9)cn8)c7)cc6n(-c6ncncn6)c5c4)c3)nc2)cc1. The molecule has 8 nitrogen and oxygen atoms in total. The minimum Gasteiger partial charge on any atom is -0.457 e. The summed E-state index contributed by atoms with van der Waals surface area (Å²) in [5, 5.41) is 2.04. The fraction of sp³-hybridized carbons (Fsp3) is 0. The molecular weight excluding hydrogens is 705 g/mol. The van der Waals surface area contributed by atoms with E-state index in [-0.39, 0.29) is 0 Å². The number of pyridine rings is 2. The first kappa shape index (κ1) is 33.6. The maximum atomic E-state index is 6.48. The maximum Gasteiger partial charge on any atom is 0.237 e. The number of nitrogens with zero attached hydrogens (tertiary/aromatic N) is 6. The van der Waals surface area contributed by atoms with Gasteiger partial charge in [-0.15, -0.1) is 0 Å². The van der Waals surface area contributed by atoms with Gasteiger partial charge in [-0.2, -0.15) is 0 Å². The number of hydrogen-bond donors (Lipinski definition) is 0. The van der Waals surface area contributed by atoms with Gasteiger partial charge in [-0.25, -0.2) is 15.0 Å². The molecule has 270 valence electrons. The summed E-state index contributed by atoms with van der Waals surface area (Å²) < 4.78 is 15.0. The van der Waals surface area contributed by atoms with E-state index < -0.39 is 0 Å². The van der Waals surface area contributed by atoms with Crippen molar-refractivity contribution in [2.45, 2.75) is 0 Å². The number of fused-ring (bicyclic) bond motifs is 3. The van der Waals surface area contributed by atoms with Crippen molar-refractivity contribution in [3.8, 4) is 73.7 Å². The van der Waals surface area contributed by atoms with Crippen molar-refractivity contribution in [3.05, 3.63) is 195 Å². The first-order valence-electron chi connectivity index (χ1n) is 18.5. The molecule has 4 heterocycles. The molecule has 0 aliphatic carbocycles. The first-order valence-corrected chi connectivity index (χ1v) is 18.5. The molecular formula is C49H32N6O2. The summed E-state index contributed by atoms with van der Waals surface area (Å²) in [5.74, 6) is 3.22. The molecule has 0 N–H and O–H groups in total. The molecule has 0 unspecified atom stereocenters. The van der Waals surface area contributed by atoms with Gasteiger partial charge >= 0.3 is 0 Å². The quantitative estimate of drug-likeness (QED) is 0.146. The van der Waals surface area contributed by atoms with E-state index in [4.69, 9.17) is 19.4 Å². The summed E-state index contributed by atoms with van der Waals surface area (Å²) in [7, 11) is 0. The maximum absolute atomic E-state index is 6.48. The Kier molecular flexibility index (Phi) is 8.66. The highest BCUT2D eigenvalue weighted by molar-refractivity contribution is 6.09. The van der Waals surface area contributed by atoms with Gasteiger partial charge in [0.15, 0.2) is 0 Å². The minimum absolute atomic E-state index is 0.485. The highest BCUT2D eigenvalue weighted by Gasteiger charge is 2.17. The lowest BCUT2D eigenvalue weighted by Crippen LogP contribution is -2.01. The zero-order valence-corrected chi connectivity index (χ0v) is 30.5. The molecule has 10 rings (SSSR count). The molecule has 6 aromatic carbocycles. The Morgan fingerprint density at radius 2 is 0.807 bits per heavy atom. The summed E-state index contributed by atoms with van der Waals surface area (Å²) >= 11 is 0. The van der Waals surface area contributed by atoms with Gasteiger partial charge in [-0.05, 0) is 71.8 Å². The number of rotatable bonds is 9. The van der Waals surface area contributed by atoms with Crippen LogP contribution < -0.4 is 9.47 Å². The molecule has 4 aromatic heterocycles. The van der Waals surface area contributed by atoms with E-state index in [1.807, 2.05) is 138 Å². The fourth-order valence-electron chi connectivity index (χ4n) is 7.11. The molecule has 0 radical (unpaired) electrons. The van der Waals surface area contributed by atoms with Crippen LogP contribution >= 0.6 is 0 Å². The van der Waals surface area contributed by atoms with Crippen molar-refractivity contribution in [1.29, 1.82) is 0 Å². The smallest absolute Gasteiger partial charge is 0.237 e. The Labute approximate surface area is 328 Å². The van der Waals surface area contributed by atoms with Crippen LogP contribution in [-0.4, -0.2) is 29.5 Å². The van der Waals surface area contributed by atoms with Gasteiger partial charge in [-0.3, -0.25) is 14.5 Å². The van der Waals surface area contributed by atoms with Gasteiger partial charge in [0.25, 0.3) is 0 Å². The van der Waals surface area contributed by atoms with Gasteiger partial charge in [-0.1, -0.05) is 97.1 Å². The molecule has 0 saturated heterocycles. The van der Waals surface area contributed by atoms with Crippen molar-refractivity contribution < 1.29 is 9.47 Å². The van der Waals surface area contributed by atoms with E-state index in [2.05, 4.69) is 63.5 Å². The van der Waals surface area contributed by atoms with E-state index in [9.17, 15) is 0 Å². The predicted octanol–water partition coefficient (Wildman–Crippen LogP) is 12.0. The molecule has 0 aliphatic heterocycles. The van der Waals surface area contributed by atoms with Crippen molar-refractivity contribution >= 4 is 21.8 Å². The molecule has 0 fully saturated rings. The Hall–Kier alpha value is -7.97. The topological polar surface area (TPSA) is 87.8 Å². The lowest BCUT2D eigenvalue weighted by atomic mass is 10.1.